The Hall–Kier alpha value is -3.57. The smallest absolute Gasteiger partial charge is 0.231 e. The van der Waals surface area contributed by atoms with E-state index in [1.165, 1.54) is 0 Å². The first-order valence-corrected chi connectivity index (χ1v) is 9.71. The Morgan fingerprint density at radius 3 is 2.73 bits per heavy atom. The van der Waals surface area contributed by atoms with Crippen molar-refractivity contribution in [2.24, 2.45) is 5.73 Å². The molecular formula is C22H21N3O5. The minimum Gasteiger partial charge on any atom is -0.493 e. The number of morpholine rings is 1. The van der Waals surface area contributed by atoms with Gasteiger partial charge in [0.1, 0.15) is 17.4 Å². The molecule has 0 spiro atoms. The number of nitrogens with two attached hydrogens (primary N) is 1. The third-order valence-corrected chi connectivity index (χ3v) is 5.59. The number of ether oxygens (including phenoxy) is 5. The van der Waals surface area contributed by atoms with E-state index in [1.54, 1.807) is 7.11 Å². The molecule has 1 unspecified atom stereocenters. The second-order valence-corrected chi connectivity index (χ2v) is 7.20. The SMILES string of the molecule is COc1cc(C2C(C#N)=C(N)Oc3cc(N4CCOCC4)ccc32)cc2c1OCO2. The number of fused-ring (bicyclic) bond motifs is 2. The number of nitrogens with zero attached hydrogens (tertiary/aromatic N) is 2. The van der Waals surface area contributed by atoms with Crippen molar-refractivity contribution in [2.75, 3.05) is 45.1 Å². The number of allylic oxidation sites excluding steroid dienone is 1. The zero-order valence-electron chi connectivity index (χ0n) is 16.5. The summed E-state index contributed by atoms with van der Waals surface area (Å²) >= 11 is 0. The van der Waals surface area contributed by atoms with Gasteiger partial charge in [0.2, 0.25) is 18.4 Å². The van der Waals surface area contributed by atoms with Crippen molar-refractivity contribution in [2.45, 2.75) is 5.92 Å². The van der Waals surface area contributed by atoms with Crippen LogP contribution in [-0.4, -0.2) is 40.2 Å². The number of anilines is 1. The van der Waals surface area contributed by atoms with Gasteiger partial charge in [-0.2, -0.15) is 5.26 Å². The molecule has 5 rings (SSSR count). The van der Waals surface area contributed by atoms with Gasteiger partial charge in [0, 0.05) is 30.4 Å². The first-order valence-electron chi connectivity index (χ1n) is 9.71. The maximum Gasteiger partial charge on any atom is 0.231 e. The van der Waals surface area contributed by atoms with Gasteiger partial charge < -0.3 is 34.3 Å². The zero-order chi connectivity index (χ0) is 20.7. The summed E-state index contributed by atoms with van der Waals surface area (Å²) in [7, 11) is 1.57. The van der Waals surface area contributed by atoms with E-state index in [1.807, 2.05) is 30.3 Å². The third kappa shape index (κ3) is 2.95. The van der Waals surface area contributed by atoms with E-state index in [-0.39, 0.29) is 12.7 Å². The first-order chi connectivity index (χ1) is 14.7. The molecule has 8 heteroatoms. The van der Waals surface area contributed by atoms with Crippen LogP contribution in [0.1, 0.15) is 17.0 Å². The average molecular weight is 407 g/mol. The molecule has 0 bridgehead atoms. The van der Waals surface area contributed by atoms with Crippen molar-refractivity contribution in [3.05, 3.63) is 52.9 Å². The van der Waals surface area contributed by atoms with Gasteiger partial charge in [-0.15, -0.1) is 0 Å². The fraction of sp³-hybridized carbons (Fsp3) is 0.318. The first kappa shape index (κ1) is 18.5. The maximum atomic E-state index is 9.82. The van der Waals surface area contributed by atoms with Crippen molar-refractivity contribution in [1.82, 2.24) is 0 Å². The minimum absolute atomic E-state index is 0.103. The Balaban J connectivity index is 1.61. The standard InChI is InChI=1S/C22H21N3O5/c1-26-18-8-13(9-19-21(18)29-12-28-19)20-15-3-2-14(25-4-6-27-7-5-25)10-17(15)30-22(24)16(20)11-23/h2-3,8-10,20H,4-7,12,24H2,1H3. The molecule has 30 heavy (non-hydrogen) atoms. The quantitative estimate of drug-likeness (QED) is 0.829. The normalized spacial score (nSPS) is 19.7. The summed E-state index contributed by atoms with van der Waals surface area (Å²) in [5.41, 5.74) is 9.22. The summed E-state index contributed by atoms with van der Waals surface area (Å²) in [5, 5.41) is 9.82. The van der Waals surface area contributed by atoms with Crippen molar-refractivity contribution in [3.8, 4) is 29.1 Å². The molecule has 2 N–H and O–H groups in total. The molecule has 1 fully saturated rings. The summed E-state index contributed by atoms with van der Waals surface area (Å²) < 4.78 is 27.9. The van der Waals surface area contributed by atoms with Crippen LogP contribution in [-0.2, 0) is 4.74 Å². The summed E-state index contributed by atoms with van der Waals surface area (Å²) in [6.45, 7) is 3.15. The fourth-order valence-corrected chi connectivity index (χ4v) is 4.12. The van der Waals surface area contributed by atoms with Crippen LogP contribution in [0, 0.1) is 11.3 Å². The predicted molar refractivity (Wildman–Crippen MR) is 108 cm³/mol. The Kier molecular flexibility index (Phi) is 4.52. The molecule has 0 aromatic heterocycles. The van der Waals surface area contributed by atoms with Crippen LogP contribution in [0.2, 0.25) is 0 Å². The van der Waals surface area contributed by atoms with Gasteiger partial charge in [0.15, 0.2) is 11.5 Å². The average Bonchev–Trinajstić information content (AvgIpc) is 3.26. The number of methoxy groups -OCH3 is 1. The zero-order valence-corrected chi connectivity index (χ0v) is 16.5. The molecule has 2 aromatic carbocycles. The van der Waals surface area contributed by atoms with Crippen LogP contribution in [0.3, 0.4) is 0 Å². The maximum absolute atomic E-state index is 9.82. The second-order valence-electron chi connectivity index (χ2n) is 7.20. The molecule has 0 saturated carbocycles. The Bertz CT molecular complexity index is 1070. The summed E-state index contributed by atoms with van der Waals surface area (Å²) in [6.07, 6.45) is 0. The molecule has 0 radical (unpaired) electrons. The largest absolute Gasteiger partial charge is 0.493 e. The van der Waals surface area contributed by atoms with E-state index < -0.39 is 5.92 Å². The number of nitriles is 1. The number of hydrogen-bond donors (Lipinski definition) is 1. The lowest BCUT2D eigenvalue weighted by Crippen LogP contribution is -2.36. The molecule has 154 valence electrons. The van der Waals surface area contributed by atoms with Gasteiger partial charge in [0.25, 0.3) is 0 Å². The van der Waals surface area contributed by atoms with Gasteiger partial charge in [-0.1, -0.05) is 6.07 Å². The lowest BCUT2D eigenvalue weighted by atomic mass is 9.83. The van der Waals surface area contributed by atoms with Crippen molar-refractivity contribution >= 4 is 5.69 Å². The van der Waals surface area contributed by atoms with E-state index in [0.29, 0.717) is 41.8 Å². The topological polar surface area (TPSA) is 99.2 Å². The molecule has 1 saturated heterocycles. The van der Waals surface area contributed by atoms with Crippen molar-refractivity contribution < 1.29 is 23.7 Å². The summed E-state index contributed by atoms with van der Waals surface area (Å²) in [6, 6.07) is 11.9. The fourth-order valence-electron chi connectivity index (χ4n) is 4.12. The summed E-state index contributed by atoms with van der Waals surface area (Å²) in [4.78, 5) is 2.24. The highest BCUT2D eigenvalue weighted by atomic mass is 16.7. The highest BCUT2D eigenvalue weighted by Gasteiger charge is 2.33. The molecule has 3 aliphatic heterocycles. The molecule has 3 heterocycles. The van der Waals surface area contributed by atoms with Gasteiger partial charge in [-0.05, 0) is 23.8 Å². The van der Waals surface area contributed by atoms with Gasteiger partial charge in [-0.25, -0.2) is 0 Å². The molecule has 8 nitrogen and oxygen atoms in total. The summed E-state index contributed by atoms with van der Waals surface area (Å²) in [5.74, 6) is 2.03. The van der Waals surface area contributed by atoms with Gasteiger partial charge >= 0.3 is 0 Å². The van der Waals surface area contributed by atoms with Gasteiger partial charge in [0.05, 0.1) is 26.2 Å². The number of rotatable bonds is 3. The van der Waals surface area contributed by atoms with Crippen molar-refractivity contribution in [1.29, 1.82) is 5.26 Å². The molecule has 0 aliphatic carbocycles. The van der Waals surface area contributed by atoms with Gasteiger partial charge in [-0.3, -0.25) is 0 Å². The predicted octanol–water partition coefficient (Wildman–Crippen LogP) is 2.48. The highest BCUT2D eigenvalue weighted by Crippen LogP contribution is 2.49. The molecule has 0 amide bonds. The molecule has 1 atom stereocenters. The minimum atomic E-state index is -0.402. The van der Waals surface area contributed by atoms with E-state index in [0.717, 1.165) is 29.9 Å². The molecule has 2 aromatic rings. The monoisotopic (exact) mass is 407 g/mol. The van der Waals surface area contributed by atoms with E-state index >= 15 is 0 Å². The van der Waals surface area contributed by atoms with Crippen LogP contribution < -0.4 is 29.6 Å². The van der Waals surface area contributed by atoms with Crippen molar-refractivity contribution in [3.63, 3.8) is 0 Å². The van der Waals surface area contributed by atoms with E-state index in [4.69, 9.17) is 29.4 Å². The molecule has 3 aliphatic rings. The Morgan fingerprint density at radius 2 is 1.97 bits per heavy atom. The van der Waals surface area contributed by atoms with Crippen LogP contribution in [0.25, 0.3) is 0 Å². The van der Waals surface area contributed by atoms with E-state index in [9.17, 15) is 5.26 Å². The van der Waals surface area contributed by atoms with Crippen LogP contribution in [0.4, 0.5) is 5.69 Å². The number of benzene rings is 2. The van der Waals surface area contributed by atoms with Crippen LogP contribution >= 0.6 is 0 Å². The van der Waals surface area contributed by atoms with E-state index in [2.05, 4.69) is 11.0 Å². The highest BCUT2D eigenvalue weighted by molar-refractivity contribution is 5.64. The third-order valence-electron chi connectivity index (χ3n) is 5.59. The van der Waals surface area contributed by atoms with Crippen LogP contribution in [0.5, 0.6) is 23.0 Å². The van der Waals surface area contributed by atoms with Crippen LogP contribution in [0.15, 0.2) is 41.8 Å². The lowest BCUT2D eigenvalue weighted by Gasteiger charge is -2.31. The second kappa shape index (κ2) is 7.35. The molecular weight excluding hydrogens is 386 g/mol. The lowest BCUT2D eigenvalue weighted by molar-refractivity contribution is 0.122. The Labute approximate surface area is 173 Å². The number of hydrogen-bond acceptors (Lipinski definition) is 8. The Morgan fingerprint density at radius 1 is 1.13 bits per heavy atom.